The summed E-state index contributed by atoms with van der Waals surface area (Å²) < 4.78 is 0.775. The summed E-state index contributed by atoms with van der Waals surface area (Å²) in [6.07, 6.45) is 1.47. The van der Waals surface area contributed by atoms with Gasteiger partial charge in [0.05, 0.1) is 0 Å². The third-order valence-electron chi connectivity index (χ3n) is 2.11. The van der Waals surface area contributed by atoms with E-state index in [1.165, 1.54) is 0 Å². The zero-order chi connectivity index (χ0) is 14.4. The van der Waals surface area contributed by atoms with Gasteiger partial charge in [-0.05, 0) is 24.6 Å². The molecule has 0 aliphatic rings. The van der Waals surface area contributed by atoms with Gasteiger partial charge in [0.2, 0.25) is 0 Å². The number of hydrogen-bond acceptors (Lipinski definition) is 3. The van der Waals surface area contributed by atoms with E-state index in [9.17, 15) is 14.4 Å². The number of carbonyl (C=O) groups is 3. The van der Waals surface area contributed by atoms with Crippen molar-refractivity contribution < 1.29 is 19.5 Å². The lowest BCUT2D eigenvalue weighted by Crippen LogP contribution is -2.40. The van der Waals surface area contributed by atoms with Crippen LogP contribution in [-0.2, 0) is 9.59 Å². The van der Waals surface area contributed by atoms with Crippen LogP contribution in [0, 0.1) is 6.92 Å². The van der Waals surface area contributed by atoms with Crippen molar-refractivity contribution in [1.82, 2.24) is 10.9 Å². The molecular formula is C12H11BrN2O4. The largest absolute Gasteiger partial charge is 0.478 e. The van der Waals surface area contributed by atoms with Crippen LogP contribution >= 0.6 is 15.9 Å². The van der Waals surface area contributed by atoms with Gasteiger partial charge in [0, 0.05) is 22.2 Å². The Morgan fingerprint density at radius 2 is 1.89 bits per heavy atom. The fourth-order valence-corrected chi connectivity index (χ4v) is 1.49. The normalized spacial score (nSPS) is 10.2. The van der Waals surface area contributed by atoms with E-state index >= 15 is 0 Å². The minimum Gasteiger partial charge on any atom is -0.478 e. The van der Waals surface area contributed by atoms with Gasteiger partial charge in [0.25, 0.3) is 11.8 Å². The van der Waals surface area contributed by atoms with Gasteiger partial charge in [-0.25, -0.2) is 4.79 Å². The number of carboxylic acids is 1. The molecule has 3 N–H and O–H groups in total. The monoisotopic (exact) mass is 326 g/mol. The topological polar surface area (TPSA) is 95.5 Å². The minimum atomic E-state index is -1.25. The number of nitrogens with one attached hydrogen (secondary N) is 2. The predicted octanol–water partition coefficient (Wildman–Crippen LogP) is 1.16. The second-order valence-corrected chi connectivity index (χ2v) is 4.43. The van der Waals surface area contributed by atoms with Gasteiger partial charge in [-0.15, -0.1) is 0 Å². The molecule has 0 radical (unpaired) electrons. The van der Waals surface area contributed by atoms with Crippen LogP contribution < -0.4 is 10.9 Å². The summed E-state index contributed by atoms with van der Waals surface area (Å²) in [6, 6.07) is 4.98. The third-order valence-corrected chi connectivity index (χ3v) is 2.96. The van der Waals surface area contributed by atoms with Gasteiger partial charge in [0.1, 0.15) is 0 Å². The number of rotatable bonds is 3. The highest BCUT2D eigenvalue weighted by Gasteiger charge is 2.07. The third kappa shape index (κ3) is 4.92. The van der Waals surface area contributed by atoms with Crippen molar-refractivity contribution in [2.24, 2.45) is 0 Å². The maximum absolute atomic E-state index is 11.7. The molecule has 0 saturated heterocycles. The minimum absolute atomic E-state index is 0.361. The first kappa shape index (κ1) is 14.9. The van der Waals surface area contributed by atoms with Crippen LogP contribution in [0.25, 0.3) is 0 Å². The van der Waals surface area contributed by atoms with E-state index in [-0.39, 0.29) is 0 Å². The van der Waals surface area contributed by atoms with Gasteiger partial charge >= 0.3 is 5.97 Å². The number of aliphatic carboxylic acids is 1. The van der Waals surface area contributed by atoms with Crippen LogP contribution in [0.3, 0.4) is 0 Å². The molecule has 1 aromatic rings. The smallest absolute Gasteiger partial charge is 0.328 e. The molecule has 0 bridgehead atoms. The summed E-state index contributed by atoms with van der Waals surface area (Å²) in [4.78, 5) is 33.0. The van der Waals surface area contributed by atoms with E-state index in [2.05, 4.69) is 26.8 Å². The van der Waals surface area contributed by atoms with Crippen LogP contribution in [0.15, 0.2) is 34.8 Å². The lowest BCUT2D eigenvalue weighted by Gasteiger charge is -2.06. The van der Waals surface area contributed by atoms with Crippen molar-refractivity contribution in [3.63, 3.8) is 0 Å². The molecule has 0 aromatic heterocycles. The number of amides is 2. The molecule has 2 amide bonds. The van der Waals surface area contributed by atoms with Crippen LogP contribution in [0.2, 0.25) is 0 Å². The van der Waals surface area contributed by atoms with Crippen LogP contribution in [0.5, 0.6) is 0 Å². The second kappa shape index (κ2) is 6.69. The van der Waals surface area contributed by atoms with Gasteiger partial charge in [-0.3, -0.25) is 20.4 Å². The Bertz CT molecular complexity index is 555. The maximum Gasteiger partial charge on any atom is 0.328 e. The van der Waals surface area contributed by atoms with Crippen molar-refractivity contribution in [1.29, 1.82) is 0 Å². The van der Waals surface area contributed by atoms with Crippen LogP contribution in [-0.4, -0.2) is 22.9 Å². The van der Waals surface area contributed by atoms with E-state index in [4.69, 9.17) is 5.11 Å². The lowest BCUT2D eigenvalue weighted by atomic mass is 10.1. The Labute approximate surface area is 117 Å². The average Bonchev–Trinajstić information content (AvgIpc) is 2.36. The van der Waals surface area contributed by atoms with Crippen molar-refractivity contribution in [2.75, 3.05) is 0 Å². The summed E-state index contributed by atoms with van der Waals surface area (Å²) in [5.41, 5.74) is 5.57. The summed E-state index contributed by atoms with van der Waals surface area (Å²) >= 11 is 3.29. The molecule has 100 valence electrons. The van der Waals surface area contributed by atoms with Gasteiger partial charge < -0.3 is 5.11 Å². The molecule has 6 nitrogen and oxygen atoms in total. The molecule has 0 heterocycles. The molecule has 0 fully saturated rings. The Balaban J connectivity index is 2.58. The van der Waals surface area contributed by atoms with E-state index in [1.54, 1.807) is 18.2 Å². The van der Waals surface area contributed by atoms with E-state index in [0.717, 1.165) is 16.1 Å². The predicted molar refractivity (Wildman–Crippen MR) is 71.3 cm³/mol. The molecular weight excluding hydrogens is 316 g/mol. The van der Waals surface area contributed by atoms with Crippen LogP contribution in [0.4, 0.5) is 0 Å². The van der Waals surface area contributed by atoms with Crippen molar-refractivity contribution in [3.05, 3.63) is 46.0 Å². The number of hydrazine groups is 1. The summed E-state index contributed by atoms with van der Waals surface area (Å²) in [6.45, 7) is 1.88. The molecule has 19 heavy (non-hydrogen) atoms. The highest BCUT2D eigenvalue weighted by Crippen LogP contribution is 2.17. The molecule has 0 aliphatic heterocycles. The highest BCUT2D eigenvalue weighted by atomic mass is 79.9. The molecule has 0 aliphatic carbocycles. The maximum atomic E-state index is 11.7. The van der Waals surface area contributed by atoms with Gasteiger partial charge in [-0.1, -0.05) is 22.0 Å². The second-order valence-electron chi connectivity index (χ2n) is 3.58. The van der Waals surface area contributed by atoms with Crippen molar-refractivity contribution >= 4 is 33.7 Å². The first-order valence-corrected chi connectivity index (χ1v) is 5.97. The van der Waals surface area contributed by atoms with Crippen molar-refractivity contribution in [3.8, 4) is 0 Å². The molecule has 0 atom stereocenters. The number of carboxylic acid groups (broad SMARTS) is 1. The van der Waals surface area contributed by atoms with E-state index in [1.807, 2.05) is 6.92 Å². The Morgan fingerprint density at radius 1 is 1.21 bits per heavy atom. The number of carbonyl (C=O) groups excluding carboxylic acids is 2. The Hall–Kier alpha value is -2.15. The first-order chi connectivity index (χ1) is 8.90. The molecule has 0 spiro atoms. The first-order valence-electron chi connectivity index (χ1n) is 5.17. The number of halogens is 1. The Morgan fingerprint density at radius 3 is 2.47 bits per heavy atom. The highest BCUT2D eigenvalue weighted by molar-refractivity contribution is 9.10. The SMILES string of the molecule is Cc1ccc(C(=O)NNC(=O)C=CC(=O)O)cc1Br. The molecule has 7 heteroatoms. The lowest BCUT2D eigenvalue weighted by molar-refractivity contribution is -0.131. The summed E-state index contributed by atoms with van der Waals surface area (Å²) in [7, 11) is 0. The standard InChI is InChI=1S/C12H11BrN2O4/c1-7-2-3-8(6-9(7)13)12(19)15-14-10(16)4-5-11(17)18/h2-6H,1H3,(H,14,16)(H,15,19)(H,17,18). The average molecular weight is 327 g/mol. The zero-order valence-electron chi connectivity index (χ0n) is 9.94. The molecule has 1 rings (SSSR count). The Kier molecular flexibility index (Phi) is 5.25. The molecule has 0 unspecified atom stereocenters. The van der Waals surface area contributed by atoms with Gasteiger partial charge in [0.15, 0.2) is 0 Å². The fourth-order valence-electron chi connectivity index (χ4n) is 1.11. The van der Waals surface area contributed by atoms with Crippen molar-refractivity contribution in [2.45, 2.75) is 6.92 Å². The quantitative estimate of drug-likeness (QED) is 0.573. The molecule has 0 saturated carbocycles. The number of aryl methyl sites for hydroxylation is 1. The van der Waals surface area contributed by atoms with Crippen LogP contribution in [0.1, 0.15) is 15.9 Å². The summed E-state index contributed by atoms with van der Waals surface area (Å²) in [5, 5.41) is 8.31. The number of benzene rings is 1. The fraction of sp³-hybridized carbons (Fsp3) is 0.0833. The number of hydrogen-bond donors (Lipinski definition) is 3. The van der Waals surface area contributed by atoms with E-state index < -0.39 is 17.8 Å². The van der Waals surface area contributed by atoms with E-state index in [0.29, 0.717) is 11.6 Å². The molecule has 1 aromatic carbocycles. The van der Waals surface area contributed by atoms with Gasteiger partial charge in [-0.2, -0.15) is 0 Å². The zero-order valence-corrected chi connectivity index (χ0v) is 11.5. The summed E-state index contributed by atoms with van der Waals surface area (Å²) in [5.74, 6) is -2.48.